The second-order valence-electron chi connectivity index (χ2n) is 6.94. The van der Waals surface area contributed by atoms with E-state index in [0.717, 1.165) is 18.5 Å². The zero-order chi connectivity index (χ0) is 18.1. The Bertz CT molecular complexity index is 800. The zero-order valence-electron chi connectivity index (χ0n) is 15.0. The highest BCUT2D eigenvalue weighted by Gasteiger charge is 2.50. The highest BCUT2D eigenvalue weighted by molar-refractivity contribution is 5.95. The van der Waals surface area contributed by atoms with E-state index in [0.29, 0.717) is 43.3 Å². The van der Waals surface area contributed by atoms with Crippen LogP contribution in [0.3, 0.4) is 0 Å². The molecule has 0 bridgehead atoms. The van der Waals surface area contributed by atoms with Gasteiger partial charge in [0.25, 0.3) is 5.91 Å². The van der Waals surface area contributed by atoms with E-state index in [9.17, 15) is 4.79 Å². The number of likely N-dealkylation sites (tertiary alicyclic amines) is 1. The van der Waals surface area contributed by atoms with Crippen molar-refractivity contribution in [3.8, 4) is 5.88 Å². The van der Waals surface area contributed by atoms with Gasteiger partial charge in [-0.3, -0.25) is 9.78 Å². The molecule has 1 spiro atoms. The Morgan fingerprint density at radius 3 is 3.00 bits per heavy atom. The first-order valence-electron chi connectivity index (χ1n) is 8.91. The van der Waals surface area contributed by atoms with Crippen LogP contribution in [0.5, 0.6) is 5.88 Å². The van der Waals surface area contributed by atoms with Gasteiger partial charge >= 0.3 is 0 Å². The van der Waals surface area contributed by atoms with Crippen LogP contribution >= 0.6 is 0 Å². The largest absolute Gasteiger partial charge is 0.473 e. The van der Waals surface area contributed by atoms with Gasteiger partial charge in [0.2, 0.25) is 5.88 Å². The van der Waals surface area contributed by atoms with Gasteiger partial charge < -0.3 is 18.9 Å². The Kier molecular flexibility index (Phi) is 4.36. The van der Waals surface area contributed by atoms with Gasteiger partial charge in [0.15, 0.2) is 0 Å². The molecule has 8 nitrogen and oxygen atoms in total. The minimum atomic E-state index is -0.334. The molecule has 4 heterocycles. The van der Waals surface area contributed by atoms with Crippen LogP contribution < -0.4 is 4.74 Å². The van der Waals surface area contributed by atoms with Gasteiger partial charge in [-0.25, -0.2) is 4.98 Å². The number of ether oxygens (including phenoxy) is 2. The number of hydrogen-bond donors (Lipinski definition) is 0. The number of carbonyl (C=O) groups excluding carboxylic acids is 1. The summed E-state index contributed by atoms with van der Waals surface area (Å²) in [6, 6.07) is 0. The molecule has 138 valence electrons. The molecule has 2 saturated heterocycles. The molecule has 26 heavy (non-hydrogen) atoms. The highest BCUT2D eigenvalue weighted by atomic mass is 16.5. The van der Waals surface area contributed by atoms with Crippen molar-refractivity contribution < 1.29 is 18.8 Å². The smallest absolute Gasteiger partial charge is 0.259 e. The van der Waals surface area contributed by atoms with Crippen LogP contribution in [0.25, 0.3) is 0 Å². The van der Waals surface area contributed by atoms with Crippen LogP contribution in [0.4, 0.5) is 0 Å². The highest BCUT2D eigenvalue weighted by Crippen LogP contribution is 2.36. The summed E-state index contributed by atoms with van der Waals surface area (Å²) in [6.07, 6.45) is 7.01. The SMILES string of the molecule is CCc1oncc1C(=O)N1CC2(C[C@H](Oc3cncc(C)n3)CCO2)C1. The summed E-state index contributed by atoms with van der Waals surface area (Å²) in [5, 5.41) is 3.74. The molecule has 0 unspecified atom stereocenters. The maximum absolute atomic E-state index is 12.6. The van der Waals surface area contributed by atoms with E-state index in [1.807, 2.05) is 13.8 Å². The number of rotatable bonds is 4. The minimum Gasteiger partial charge on any atom is -0.473 e. The van der Waals surface area contributed by atoms with E-state index in [-0.39, 0.29) is 17.6 Å². The van der Waals surface area contributed by atoms with Crippen LogP contribution in [0.2, 0.25) is 0 Å². The fourth-order valence-corrected chi connectivity index (χ4v) is 3.63. The fourth-order valence-electron chi connectivity index (χ4n) is 3.63. The van der Waals surface area contributed by atoms with E-state index in [2.05, 4.69) is 15.1 Å². The molecule has 0 aliphatic carbocycles. The predicted octanol–water partition coefficient (Wildman–Crippen LogP) is 1.79. The summed E-state index contributed by atoms with van der Waals surface area (Å²) in [7, 11) is 0. The number of hydrogen-bond acceptors (Lipinski definition) is 7. The number of carbonyl (C=O) groups is 1. The summed E-state index contributed by atoms with van der Waals surface area (Å²) in [4.78, 5) is 22.9. The fraction of sp³-hybridized carbons (Fsp3) is 0.556. The van der Waals surface area contributed by atoms with E-state index in [1.165, 1.54) is 6.20 Å². The molecule has 2 fully saturated rings. The summed E-state index contributed by atoms with van der Waals surface area (Å²) < 4.78 is 17.1. The first-order valence-corrected chi connectivity index (χ1v) is 8.91. The van der Waals surface area contributed by atoms with E-state index < -0.39 is 0 Å². The van der Waals surface area contributed by atoms with Crippen LogP contribution in [0.15, 0.2) is 23.1 Å². The molecule has 0 N–H and O–H groups in total. The van der Waals surface area contributed by atoms with Crippen molar-refractivity contribution >= 4 is 5.91 Å². The second-order valence-corrected chi connectivity index (χ2v) is 6.94. The topological polar surface area (TPSA) is 90.6 Å². The third-order valence-electron chi connectivity index (χ3n) is 4.91. The number of amides is 1. The molecule has 1 atom stereocenters. The van der Waals surface area contributed by atoms with Gasteiger partial charge in [0.05, 0.1) is 37.8 Å². The van der Waals surface area contributed by atoms with Gasteiger partial charge in [-0.05, 0) is 6.92 Å². The normalized spacial score (nSPS) is 21.5. The summed E-state index contributed by atoms with van der Waals surface area (Å²) in [6.45, 7) is 5.55. The molecular weight excluding hydrogens is 336 g/mol. The first-order chi connectivity index (χ1) is 12.6. The molecule has 2 aliphatic heterocycles. The molecule has 2 aromatic heterocycles. The molecule has 0 aromatic carbocycles. The van der Waals surface area contributed by atoms with E-state index >= 15 is 0 Å². The average Bonchev–Trinajstić information content (AvgIpc) is 3.08. The lowest BCUT2D eigenvalue weighted by molar-refractivity contribution is -0.174. The Morgan fingerprint density at radius 2 is 2.23 bits per heavy atom. The van der Waals surface area contributed by atoms with Crippen LogP contribution in [0, 0.1) is 6.92 Å². The maximum Gasteiger partial charge on any atom is 0.259 e. The van der Waals surface area contributed by atoms with Gasteiger partial charge in [0, 0.05) is 25.5 Å². The van der Waals surface area contributed by atoms with Gasteiger partial charge in [-0.1, -0.05) is 12.1 Å². The van der Waals surface area contributed by atoms with Gasteiger partial charge in [-0.15, -0.1) is 0 Å². The van der Waals surface area contributed by atoms with Crippen LogP contribution in [-0.2, 0) is 11.2 Å². The minimum absolute atomic E-state index is 0.0129. The summed E-state index contributed by atoms with van der Waals surface area (Å²) >= 11 is 0. The van der Waals surface area contributed by atoms with Crippen LogP contribution in [0.1, 0.15) is 41.6 Å². The van der Waals surface area contributed by atoms with Crippen molar-refractivity contribution in [3.63, 3.8) is 0 Å². The van der Waals surface area contributed by atoms with E-state index in [1.54, 1.807) is 17.3 Å². The number of aryl methyl sites for hydroxylation is 2. The molecule has 0 saturated carbocycles. The van der Waals surface area contributed by atoms with Crippen molar-refractivity contribution in [2.45, 2.75) is 44.8 Å². The molecule has 1 amide bonds. The first kappa shape index (κ1) is 17.0. The molecular formula is C18H22N4O4. The van der Waals surface area contributed by atoms with Crippen molar-refractivity contribution in [2.75, 3.05) is 19.7 Å². The Hall–Kier alpha value is -2.48. The lowest BCUT2D eigenvalue weighted by atomic mass is 9.84. The standard InChI is InChI=1S/C18H22N4O4/c1-3-15-14(8-20-26-15)17(23)22-10-18(11-22)6-13(4-5-24-18)25-16-9-19-7-12(2)21-16/h7-9,13H,3-6,10-11H2,1-2H3/t13-/m1/s1. The molecule has 0 radical (unpaired) electrons. The van der Waals surface area contributed by atoms with E-state index in [4.69, 9.17) is 14.0 Å². The maximum atomic E-state index is 12.6. The molecule has 2 aromatic rings. The van der Waals surface area contributed by atoms with Gasteiger partial charge in [-0.2, -0.15) is 0 Å². The molecule has 2 aliphatic rings. The van der Waals surface area contributed by atoms with Crippen molar-refractivity contribution in [1.82, 2.24) is 20.0 Å². The number of aromatic nitrogens is 3. The molecule has 4 rings (SSSR count). The van der Waals surface area contributed by atoms with Crippen LogP contribution in [-0.4, -0.2) is 57.3 Å². The Morgan fingerprint density at radius 1 is 1.38 bits per heavy atom. The lowest BCUT2D eigenvalue weighted by Crippen LogP contribution is -2.67. The van der Waals surface area contributed by atoms with Gasteiger partial charge in [0.1, 0.15) is 23.0 Å². The van der Waals surface area contributed by atoms with Crippen molar-refractivity contribution in [1.29, 1.82) is 0 Å². The monoisotopic (exact) mass is 358 g/mol. The lowest BCUT2D eigenvalue weighted by Gasteiger charge is -2.52. The average molecular weight is 358 g/mol. The van der Waals surface area contributed by atoms with Crippen molar-refractivity contribution in [3.05, 3.63) is 35.6 Å². The predicted molar refractivity (Wildman–Crippen MR) is 90.9 cm³/mol. The molecule has 8 heteroatoms. The zero-order valence-corrected chi connectivity index (χ0v) is 15.0. The third kappa shape index (κ3) is 3.16. The second kappa shape index (κ2) is 6.68. The Labute approximate surface area is 151 Å². The Balaban J connectivity index is 1.38. The quantitative estimate of drug-likeness (QED) is 0.823. The summed E-state index contributed by atoms with van der Waals surface area (Å²) in [5.41, 5.74) is 1.03. The number of nitrogens with zero attached hydrogens (tertiary/aromatic N) is 4. The van der Waals surface area contributed by atoms with Crippen molar-refractivity contribution in [2.24, 2.45) is 0 Å². The summed E-state index contributed by atoms with van der Waals surface area (Å²) in [5.74, 6) is 1.11. The third-order valence-corrected chi connectivity index (χ3v) is 4.91.